The molecule has 48 heavy (non-hydrogen) atoms. The standard InChI is InChI=1S/C48H62/c1-29(2)48(44-37-16-14-34(45(3,4)5)21-39(37)40-22-35(46(6,7)8)15-17-38(40)44)28-42(33-12-10-9-11-13-33)41-23-36(24-43(41)48)47-25-30-18-31(26-47)20-32(19-30)27-47/h9-10,14-17,21-22,24,29-33,42,44H,11-13,18-20,23,25-28H2,1-8H3. The van der Waals surface area contributed by atoms with Crippen molar-refractivity contribution in [3.05, 3.63) is 93.6 Å². The molecule has 0 N–H and O–H groups in total. The first-order chi connectivity index (χ1) is 22.8. The van der Waals surface area contributed by atoms with Crippen molar-refractivity contribution in [1.82, 2.24) is 0 Å². The van der Waals surface area contributed by atoms with E-state index in [9.17, 15) is 0 Å². The van der Waals surface area contributed by atoms with Crippen molar-refractivity contribution in [1.29, 1.82) is 0 Å². The molecular weight excluding hydrogens is 577 g/mol. The number of fused-ring (bicyclic) bond motifs is 3. The van der Waals surface area contributed by atoms with E-state index in [1.807, 2.05) is 16.7 Å². The summed E-state index contributed by atoms with van der Waals surface area (Å²) in [6, 6.07) is 15.4. The molecule has 2 aromatic carbocycles. The highest BCUT2D eigenvalue weighted by Gasteiger charge is 2.59. The van der Waals surface area contributed by atoms with Crippen LogP contribution >= 0.6 is 0 Å². The first-order valence-corrected chi connectivity index (χ1v) is 20.2. The van der Waals surface area contributed by atoms with Crippen LogP contribution in [0.5, 0.6) is 0 Å². The second-order valence-corrected chi connectivity index (χ2v) is 20.6. The summed E-state index contributed by atoms with van der Waals surface area (Å²) < 4.78 is 0. The maximum absolute atomic E-state index is 2.94. The van der Waals surface area contributed by atoms with E-state index in [4.69, 9.17) is 0 Å². The van der Waals surface area contributed by atoms with Gasteiger partial charge in [-0.1, -0.05) is 121 Å². The lowest BCUT2D eigenvalue weighted by atomic mass is 9.47. The predicted octanol–water partition coefficient (Wildman–Crippen LogP) is 13.3. The van der Waals surface area contributed by atoms with Gasteiger partial charge in [-0.05, 0) is 161 Å². The number of rotatable bonds is 4. The van der Waals surface area contributed by atoms with Gasteiger partial charge in [0.05, 0.1) is 0 Å². The molecule has 3 atom stereocenters. The lowest BCUT2D eigenvalue weighted by Crippen LogP contribution is -2.47. The highest BCUT2D eigenvalue weighted by molar-refractivity contribution is 5.82. The SMILES string of the molecule is CC(C)C1(C2c3ccc(C(C)(C)C)cc3-c3cc(C(C)(C)C)ccc32)CC(C2CC=CCC2)C2=C1C=C(C13CC4CC(CC(C4)C1)C3)C2. The van der Waals surface area contributed by atoms with Gasteiger partial charge in [0.1, 0.15) is 0 Å². The van der Waals surface area contributed by atoms with Gasteiger partial charge in [-0.15, -0.1) is 0 Å². The van der Waals surface area contributed by atoms with Crippen LogP contribution in [0.2, 0.25) is 0 Å². The van der Waals surface area contributed by atoms with Gasteiger partial charge in [0.15, 0.2) is 0 Å². The molecule has 0 nitrogen and oxygen atoms in total. The molecule has 0 aromatic heterocycles. The van der Waals surface area contributed by atoms with Gasteiger partial charge in [-0.2, -0.15) is 0 Å². The van der Waals surface area contributed by atoms with Crippen molar-refractivity contribution in [3.63, 3.8) is 0 Å². The van der Waals surface area contributed by atoms with Crippen LogP contribution in [0, 0.1) is 46.3 Å². The first kappa shape index (κ1) is 31.6. The fourth-order valence-corrected chi connectivity index (χ4v) is 13.3. The van der Waals surface area contributed by atoms with Crippen LogP contribution in [-0.4, -0.2) is 0 Å². The van der Waals surface area contributed by atoms with E-state index in [2.05, 4.69) is 110 Å². The number of benzene rings is 2. The molecule has 8 aliphatic carbocycles. The minimum absolute atomic E-state index is 0.133. The van der Waals surface area contributed by atoms with Crippen LogP contribution in [0.3, 0.4) is 0 Å². The molecule has 8 aliphatic rings. The molecule has 3 unspecified atom stereocenters. The lowest BCUT2D eigenvalue weighted by Gasteiger charge is -2.58. The van der Waals surface area contributed by atoms with E-state index in [1.54, 1.807) is 11.1 Å². The summed E-state index contributed by atoms with van der Waals surface area (Å²) in [5.74, 6) is 5.54. The number of hydrogen-bond donors (Lipinski definition) is 0. The van der Waals surface area contributed by atoms with Gasteiger partial charge >= 0.3 is 0 Å². The maximum atomic E-state index is 2.94. The summed E-state index contributed by atoms with van der Waals surface area (Å²) in [4.78, 5) is 0. The largest absolute Gasteiger partial charge is 0.0885 e. The van der Waals surface area contributed by atoms with Crippen LogP contribution in [0.15, 0.2) is 71.3 Å². The highest BCUT2D eigenvalue weighted by Crippen LogP contribution is 2.71. The Morgan fingerprint density at radius 1 is 0.708 bits per heavy atom. The monoisotopic (exact) mass is 638 g/mol. The third-order valence-corrected chi connectivity index (χ3v) is 15.4. The van der Waals surface area contributed by atoms with Gasteiger partial charge in [-0.25, -0.2) is 0 Å². The third-order valence-electron chi connectivity index (χ3n) is 15.4. The Hall–Kier alpha value is -2.34. The summed E-state index contributed by atoms with van der Waals surface area (Å²) in [6.45, 7) is 19.5. The van der Waals surface area contributed by atoms with Crippen LogP contribution in [0.25, 0.3) is 11.1 Å². The molecule has 4 saturated carbocycles. The zero-order chi connectivity index (χ0) is 33.4. The Balaban J connectivity index is 1.23. The van der Waals surface area contributed by atoms with Crippen molar-refractivity contribution >= 4 is 0 Å². The molecule has 0 heterocycles. The molecule has 10 rings (SSSR count). The zero-order valence-corrected chi connectivity index (χ0v) is 31.5. The van der Waals surface area contributed by atoms with Gasteiger partial charge in [0, 0.05) is 11.3 Å². The van der Waals surface area contributed by atoms with Crippen LogP contribution < -0.4 is 0 Å². The van der Waals surface area contributed by atoms with Crippen molar-refractivity contribution in [2.75, 3.05) is 0 Å². The molecule has 0 heteroatoms. The maximum Gasteiger partial charge on any atom is 0.0201 e. The van der Waals surface area contributed by atoms with E-state index in [-0.39, 0.29) is 16.2 Å². The smallest absolute Gasteiger partial charge is 0.0201 e. The van der Waals surface area contributed by atoms with E-state index >= 15 is 0 Å². The molecule has 4 fully saturated rings. The van der Waals surface area contributed by atoms with Crippen LogP contribution in [0.4, 0.5) is 0 Å². The Bertz CT molecular complexity index is 1640. The van der Waals surface area contributed by atoms with Gasteiger partial charge < -0.3 is 0 Å². The topological polar surface area (TPSA) is 0 Å². The van der Waals surface area contributed by atoms with E-state index in [0.29, 0.717) is 17.3 Å². The average molecular weight is 639 g/mol. The Morgan fingerprint density at radius 2 is 1.27 bits per heavy atom. The molecule has 0 aliphatic heterocycles. The molecule has 0 radical (unpaired) electrons. The van der Waals surface area contributed by atoms with Crippen LogP contribution in [0.1, 0.15) is 154 Å². The molecule has 0 spiro atoms. The first-order valence-electron chi connectivity index (χ1n) is 20.2. The fourth-order valence-electron chi connectivity index (χ4n) is 13.3. The van der Waals surface area contributed by atoms with Crippen molar-refractivity contribution in [3.8, 4) is 11.1 Å². The molecular formula is C48H62. The summed E-state index contributed by atoms with van der Waals surface area (Å²) in [5.41, 5.74) is 15.8. The number of hydrogen-bond acceptors (Lipinski definition) is 0. The van der Waals surface area contributed by atoms with Crippen LogP contribution in [-0.2, 0) is 10.8 Å². The molecule has 2 aromatic rings. The van der Waals surface area contributed by atoms with Gasteiger partial charge in [-0.3, -0.25) is 0 Å². The minimum Gasteiger partial charge on any atom is -0.0885 e. The highest BCUT2D eigenvalue weighted by atomic mass is 14.6. The fraction of sp³-hybridized carbons (Fsp3) is 0.625. The van der Waals surface area contributed by atoms with E-state index in [0.717, 1.165) is 29.6 Å². The summed E-state index contributed by atoms with van der Waals surface area (Å²) in [5, 5.41) is 0. The Morgan fingerprint density at radius 3 is 1.75 bits per heavy atom. The third kappa shape index (κ3) is 4.58. The van der Waals surface area contributed by atoms with Gasteiger partial charge in [0.2, 0.25) is 0 Å². The van der Waals surface area contributed by atoms with Crippen molar-refractivity contribution in [2.45, 2.75) is 143 Å². The molecule has 0 saturated heterocycles. The van der Waals surface area contributed by atoms with Gasteiger partial charge in [0.25, 0.3) is 0 Å². The normalized spacial score (nSPS) is 35.4. The molecule has 0 amide bonds. The molecule has 254 valence electrons. The van der Waals surface area contributed by atoms with Crippen molar-refractivity contribution in [2.24, 2.45) is 46.3 Å². The average Bonchev–Trinajstić information content (AvgIpc) is 3.70. The summed E-state index contributed by atoms with van der Waals surface area (Å²) in [6.07, 6.45) is 23.6. The molecule has 4 bridgehead atoms. The lowest BCUT2D eigenvalue weighted by molar-refractivity contribution is -0.0316. The predicted molar refractivity (Wildman–Crippen MR) is 203 cm³/mol. The number of allylic oxidation sites excluding steroid dienone is 6. The Labute approximate surface area is 293 Å². The van der Waals surface area contributed by atoms with Crippen molar-refractivity contribution < 1.29 is 0 Å². The second kappa shape index (κ2) is 10.6. The summed E-state index contributed by atoms with van der Waals surface area (Å²) in [7, 11) is 0. The minimum atomic E-state index is 0.133. The quantitative estimate of drug-likeness (QED) is 0.292. The van der Waals surface area contributed by atoms with E-state index in [1.165, 1.54) is 92.9 Å². The summed E-state index contributed by atoms with van der Waals surface area (Å²) >= 11 is 0. The Kier molecular flexibility index (Phi) is 6.98. The van der Waals surface area contributed by atoms with E-state index < -0.39 is 0 Å². The second-order valence-electron chi connectivity index (χ2n) is 20.6. The zero-order valence-electron chi connectivity index (χ0n) is 31.5.